The third kappa shape index (κ3) is 3.02. The number of likely N-dealkylation sites (tertiary alicyclic amines) is 1. The Hall–Kier alpha value is -1.99. The molecular formula is C18H21FN2O4. The SMILES string of the molecule is O=C(C1CC(=O)N(c2ccccc2F)C1)N1CCC2(CC1)OCCO2. The van der Waals surface area contributed by atoms with E-state index in [-0.39, 0.29) is 30.5 Å². The lowest BCUT2D eigenvalue weighted by atomic mass is 10.0. The summed E-state index contributed by atoms with van der Waals surface area (Å²) < 4.78 is 25.3. The standard InChI is InChI=1S/C18H21FN2O4/c19-14-3-1-2-4-15(14)21-12-13(11-16(21)22)17(23)20-7-5-18(6-8-20)24-9-10-25-18/h1-4,13H,5-12H2. The van der Waals surface area contributed by atoms with Crippen molar-refractivity contribution in [3.05, 3.63) is 30.1 Å². The van der Waals surface area contributed by atoms with Gasteiger partial charge in [-0.15, -0.1) is 0 Å². The van der Waals surface area contributed by atoms with Crippen LogP contribution in [-0.2, 0) is 19.1 Å². The number of carbonyl (C=O) groups excluding carboxylic acids is 2. The van der Waals surface area contributed by atoms with Crippen molar-refractivity contribution in [1.82, 2.24) is 4.90 Å². The van der Waals surface area contributed by atoms with Gasteiger partial charge in [0.15, 0.2) is 5.79 Å². The molecule has 3 saturated heterocycles. The molecule has 3 fully saturated rings. The molecule has 1 aromatic carbocycles. The van der Waals surface area contributed by atoms with Gasteiger partial charge in [-0.1, -0.05) is 12.1 Å². The number of hydrogen-bond acceptors (Lipinski definition) is 4. The van der Waals surface area contributed by atoms with Crippen molar-refractivity contribution < 1.29 is 23.5 Å². The molecule has 0 N–H and O–H groups in total. The van der Waals surface area contributed by atoms with E-state index < -0.39 is 17.5 Å². The fraction of sp³-hybridized carbons (Fsp3) is 0.556. The Morgan fingerprint density at radius 3 is 2.52 bits per heavy atom. The zero-order valence-electron chi connectivity index (χ0n) is 13.9. The van der Waals surface area contributed by atoms with Crippen molar-refractivity contribution in [1.29, 1.82) is 0 Å². The summed E-state index contributed by atoms with van der Waals surface area (Å²) >= 11 is 0. The molecular weight excluding hydrogens is 327 g/mol. The fourth-order valence-electron chi connectivity index (χ4n) is 3.89. The quantitative estimate of drug-likeness (QED) is 0.814. The number of rotatable bonds is 2. The maximum absolute atomic E-state index is 13.9. The summed E-state index contributed by atoms with van der Waals surface area (Å²) in [5.41, 5.74) is 0.244. The van der Waals surface area contributed by atoms with Gasteiger partial charge in [-0.3, -0.25) is 9.59 Å². The van der Waals surface area contributed by atoms with Crippen LogP contribution < -0.4 is 4.90 Å². The van der Waals surface area contributed by atoms with Crippen LogP contribution in [0.3, 0.4) is 0 Å². The molecule has 3 heterocycles. The van der Waals surface area contributed by atoms with Crippen LogP contribution in [0.2, 0.25) is 0 Å². The number of hydrogen-bond donors (Lipinski definition) is 0. The number of benzene rings is 1. The number of para-hydroxylation sites is 1. The third-order valence-electron chi connectivity index (χ3n) is 5.27. The Morgan fingerprint density at radius 2 is 1.84 bits per heavy atom. The van der Waals surface area contributed by atoms with E-state index in [2.05, 4.69) is 0 Å². The molecule has 2 amide bonds. The van der Waals surface area contributed by atoms with E-state index >= 15 is 0 Å². The Bertz CT molecular complexity index is 679. The molecule has 1 aromatic rings. The van der Waals surface area contributed by atoms with Crippen molar-refractivity contribution in [3.63, 3.8) is 0 Å². The van der Waals surface area contributed by atoms with E-state index in [4.69, 9.17) is 9.47 Å². The van der Waals surface area contributed by atoms with E-state index in [0.29, 0.717) is 39.1 Å². The minimum absolute atomic E-state index is 0.0416. The Balaban J connectivity index is 1.40. The summed E-state index contributed by atoms with van der Waals surface area (Å²) in [6.07, 6.45) is 1.43. The van der Waals surface area contributed by atoms with Crippen LogP contribution in [0.5, 0.6) is 0 Å². The first-order valence-electron chi connectivity index (χ1n) is 8.70. The maximum atomic E-state index is 13.9. The van der Waals surface area contributed by atoms with Gasteiger partial charge in [-0.05, 0) is 12.1 Å². The molecule has 0 bridgehead atoms. The fourth-order valence-corrected chi connectivity index (χ4v) is 3.89. The molecule has 1 unspecified atom stereocenters. The predicted octanol–water partition coefficient (Wildman–Crippen LogP) is 1.54. The van der Waals surface area contributed by atoms with Gasteiger partial charge >= 0.3 is 0 Å². The average Bonchev–Trinajstić information content (AvgIpc) is 3.23. The molecule has 1 atom stereocenters. The van der Waals surface area contributed by atoms with Crippen LogP contribution in [0, 0.1) is 11.7 Å². The molecule has 25 heavy (non-hydrogen) atoms. The first kappa shape index (κ1) is 16.5. The summed E-state index contributed by atoms with van der Waals surface area (Å²) in [6, 6.07) is 6.16. The highest BCUT2D eigenvalue weighted by Crippen LogP contribution is 2.33. The molecule has 0 aliphatic carbocycles. The largest absolute Gasteiger partial charge is 0.347 e. The van der Waals surface area contributed by atoms with Crippen molar-refractivity contribution >= 4 is 17.5 Å². The van der Waals surface area contributed by atoms with E-state index in [1.165, 1.54) is 11.0 Å². The normalized spacial score (nSPS) is 25.8. The van der Waals surface area contributed by atoms with Gasteiger partial charge in [0.1, 0.15) is 5.82 Å². The number of halogens is 1. The summed E-state index contributed by atoms with van der Waals surface area (Å²) in [6.45, 7) is 2.55. The van der Waals surface area contributed by atoms with Gasteiger partial charge < -0.3 is 19.3 Å². The summed E-state index contributed by atoms with van der Waals surface area (Å²) in [7, 11) is 0. The van der Waals surface area contributed by atoms with Crippen LogP contribution >= 0.6 is 0 Å². The second kappa shape index (κ2) is 6.38. The van der Waals surface area contributed by atoms with Gasteiger partial charge in [0.2, 0.25) is 11.8 Å². The summed E-state index contributed by atoms with van der Waals surface area (Å²) in [5, 5.41) is 0. The highest BCUT2D eigenvalue weighted by Gasteiger charge is 2.43. The van der Waals surface area contributed by atoms with Crippen molar-refractivity contribution in [3.8, 4) is 0 Å². The Labute approximate surface area is 145 Å². The highest BCUT2D eigenvalue weighted by molar-refractivity contribution is 6.00. The van der Waals surface area contributed by atoms with Crippen molar-refractivity contribution in [2.24, 2.45) is 5.92 Å². The van der Waals surface area contributed by atoms with E-state index in [1.54, 1.807) is 23.1 Å². The van der Waals surface area contributed by atoms with Crippen molar-refractivity contribution in [2.45, 2.75) is 25.0 Å². The topological polar surface area (TPSA) is 59.1 Å². The van der Waals surface area contributed by atoms with Crippen LogP contribution in [0.1, 0.15) is 19.3 Å². The lowest BCUT2D eigenvalue weighted by molar-refractivity contribution is -0.188. The lowest BCUT2D eigenvalue weighted by Gasteiger charge is -2.38. The first-order chi connectivity index (χ1) is 12.1. The van der Waals surface area contributed by atoms with Crippen LogP contribution in [0.4, 0.5) is 10.1 Å². The Kier molecular flexibility index (Phi) is 4.21. The molecule has 7 heteroatoms. The second-order valence-corrected chi connectivity index (χ2v) is 6.79. The smallest absolute Gasteiger partial charge is 0.228 e. The highest BCUT2D eigenvalue weighted by atomic mass is 19.1. The molecule has 0 saturated carbocycles. The van der Waals surface area contributed by atoms with Gasteiger partial charge in [0, 0.05) is 38.9 Å². The van der Waals surface area contributed by atoms with E-state index in [1.807, 2.05) is 0 Å². The number of nitrogens with zero attached hydrogens (tertiary/aromatic N) is 2. The maximum Gasteiger partial charge on any atom is 0.228 e. The van der Waals surface area contributed by atoms with Gasteiger partial charge in [-0.25, -0.2) is 4.39 Å². The van der Waals surface area contributed by atoms with Gasteiger partial charge in [0.05, 0.1) is 24.8 Å². The van der Waals surface area contributed by atoms with Crippen molar-refractivity contribution in [2.75, 3.05) is 37.7 Å². The van der Waals surface area contributed by atoms with Crippen LogP contribution in [-0.4, -0.2) is 55.3 Å². The zero-order valence-corrected chi connectivity index (χ0v) is 13.9. The molecule has 134 valence electrons. The Morgan fingerprint density at radius 1 is 1.16 bits per heavy atom. The average molecular weight is 348 g/mol. The molecule has 3 aliphatic heterocycles. The van der Waals surface area contributed by atoms with Gasteiger partial charge in [-0.2, -0.15) is 0 Å². The van der Waals surface area contributed by atoms with E-state index in [0.717, 1.165) is 0 Å². The molecule has 0 aromatic heterocycles. The molecule has 6 nitrogen and oxygen atoms in total. The lowest BCUT2D eigenvalue weighted by Crippen LogP contribution is -2.49. The van der Waals surface area contributed by atoms with Gasteiger partial charge in [0.25, 0.3) is 0 Å². The second-order valence-electron chi connectivity index (χ2n) is 6.79. The summed E-state index contributed by atoms with van der Waals surface area (Å²) in [5.74, 6) is -1.65. The third-order valence-corrected chi connectivity index (χ3v) is 5.27. The minimum Gasteiger partial charge on any atom is -0.347 e. The number of carbonyl (C=O) groups is 2. The summed E-state index contributed by atoms with van der Waals surface area (Å²) in [4.78, 5) is 28.2. The molecule has 0 radical (unpaired) electrons. The monoisotopic (exact) mass is 348 g/mol. The molecule has 3 aliphatic rings. The molecule has 1 spiro atoms. The van der Waals surface area contributed by atoms with Crippen LogP contribution in [0.15, 0.2) is 24.3 Å². The first-order valence-corrected chi connectivity index (χ1v) is 8.70. The predicted molar refractivity (Wildman–Crippen MR) is 87.3 cm³/mol. The number of amides is 2. The minimum atomic E-state index is -0.526. The molecule has 4 rings (SSSR count). The van der Waals surface area contributed by atoms with E-state index in [9.17, 15) is 14.0 Å². The number of ether oxygens (including phenoxy) is 2. The zero-order chi connectivity index (χ0) is 17.4. The number of anilines is 1. The van der Waals surface area contributed by atoms with Crippen LogP contribution in [0.25, 0.3) is 0 Å². The number of piperidine rings is 1.